The zero-order valence-electron chi connectivity index (χ0n) is 12.3. The Morgan fingerprint density at radius 2 is 1.61 bits per heavy atom. The Kier molecular flexibility index (Phi) is 6.78. The highest BCUT2D eigenvalue weighted by molar-refractivity contribution is 5.81. The molecule has 106 valence electrons. The minimum atomic E-state index is 0.0165. The fraction of sp³-hybridized carbons (Fsp3) is 0.923. The predicted molar refractivity (Wildman–Crippen MR) is 75.0 cm³/mol. The summed E-state index contributed by atoms with van der Waals surface area (Å²) in [6.45, 7) is 8.52. The van der Waals surface area contributed by atoms with Gasteiger partial charge < -0.3 is 15.1 Å². The normalized spacial score (nSPS) is 27.4. The Hall–Kier alpha value is -0.490. The maximum Gasteiger partial charge on any atom is 0.148 e. The summed E-state index contributed by atoms with van der Waals surface area (Å²) in [6.07, 6.45) is 0. The lowest BCUT2D eigenvalue weighted by Crippen LogP contribution is -2.49. The van der Waals surface area contributed by atoms with Crippen molar-refractivity contribution in [2.45, 2.75) is 13.0 Å². The monoisotopic (exact) mass is 256 g/mol. The molecule has 1 rings (SSSR count). The largest absolute Gasteiger partial charge is 0.314 e. The molecule has 1 N–H and O–H groups in total. The molecule has 1 heterocycles. The summed E-state index contributed by atoms with van der Waals surface area (Å²) < 4.78 is 0. The fourth-order valence-electron chi connectivity index (χ4n) is 2.23. The molecule has 0 aromatic rings. The number of hydrogen-bond donors (Lipinski definition) is 1. The van der Waals surface area contributed by atoms with Crippen molar-refractivity contribution in [1.29, 1.82) is 0 Å². The van der Waals surface area contributed by atoms with E-state index < -0.39 is 0 Å². The quantitative estimate of drug-likeness (QED) is 0.674. The molecule has 18 heavy (non-hydrogen) atoms. The third-order valence-electron chi connectivity index (χ3n) is 3.66. The lowest BCUT2D eigenvalue weighted by molar-refractivity contribution is -0.122. The van der Waals surface area contributed by atoms with E-state index in [0.717, 1.165) is 45.8 Å². The maximum atomic E-state index is 11.8. The second kappa shape index (κ2) is 7.84. The standard InChI is InChI=1S/C13H28N4O/c1-12(18)13-11-16(3)8-6-14-5-7-15(2)9-10-17(13)4/h13-14H,5-11H2,1-4H3. The van der Waals surface area contributed by atoms with E-state index in [1.165, 1.54) is 0 Å². The molecule has 0 amide bonds. The number of ketones is 1. The Morgan fingerprint density at radius 1 is 1.00 bits per heavy atom. The first-order valence-corrected chi connectivity index (χ1v) is 6.79. The molecule has 1 aliphatic heterocycles. The van der Waals surface area contributed by atoms with Gasteiger partial charge in [0.2, 0.25) is 0 Å². The van der Waals surface area contributed by atoms with Crippen molar-refractivity contribution >= 4 is 5.78 Å². The molecule has 1 unspecified atom stereocenters. The highest BCUT2D eigenvalue weighted by atomic mass is 16.1. The van der Waals surface area contributed by atoms with E-state index >= 15 is 0 Å². The topological polar surface area (TPSA) is 38.8 Å². The number of hydrogen-bond acceptors (Lipinski definition) is 5. The molecule has 0 aromatic carbocycles. The summed E-state index contributed by atoms with van der Waals surface area (Å²) in [6, 6.07) is 0.0165. The van der Waals surface area contributed by atoms with Crippen molar-refractivity contribution in [1.82, 2.24) is 20.0 Å². The van der Waals surface area contributed by atoms with E-state index in [-0.39, 0.29) is 11.8 Å². The van der Waals surface area contributed by atoms with Crippen LogP contribution in [0.2, 0.25) is 0 Å². The van der Waals surface area contributed by atoms with E-state index in [9.17, 15) is 4.79 Å². The van der Waals surface area contributed by atoms with Gasteiger partial charge in [-0.2, -0.15) is 0 Å². The highest BCUT2D eigenvalue weighted by Crippen LogP contribution is 2.02. The van der Waals surface area contributed by atoms with Gasteiger partial charge in [0.05, 0.1) is 6.04 Å². The summed E-state index contributed by atoms with van der Waals surface area (Å²) in [5.41, 5.74) is 0. The van der Waals surface area contributed by atoms with Gasteiger partial charge in [0.15, 0.2) is 0 Å². The number of carbonyl (C=O) groups is 1. The van der Waals surface area contributed by atoms with Gasteiger partial charge in [-0.25, -0.2) is 0 Å². The van der Waals surface area contributed by atoms with E-state index in [0.29, 0.717) is 0 Å². The molecule has 5 heteroatoms. The van der Waals surface area contributed by atoms with Gasteiger partial charge in [-0.05, 0) is 28.1 Å². The highest BCUT2D eigenvalue weighted by Gasteiger charge is 2.21. The van der Waals surface area contributed by atoms with E-state index in [4.69, 9.17) is 0 Å². The van der Waals surface area contributed by atoms with Crippen LogP contribution in [-0.4, -0.2) is 93.5 Å². The van der Waals surface area contributed by atoms with Crippen molar-refractivity contribution in [2.24, 2.45) is 0 Å². The van der Waals surface area contributed by atoms with Crippen molar-refractivity contribution < 1.29 is 4.79 Å². The number of nitrogens with one attached hydrogen (secondary N) is 1. The van der Waals surface area contributed by atoms with Gasteiger partial charge in [-0.1, -0.05) is 0 Å². The molecule has 1 aliphatic rings. The molecule has 1 atom stereocenters. The van der Waals surface area contributed by atoms with Crippen LogP contribution in [0.15, 0.2) is 0 Å². The lowest BCUT2D eigenvalue weighted by Gasteiger charge is -2.32. The molecular formula is C13H28N4O. The van der Waals surface area contributed by atoms with Gasteiger partial charge in [0.25, 0.3) is 0 Å². The first kappa shape index (κ1) is 15.6. The summed E-state index contributed by atoms with van der Waals surface area (Å²) in [5, 5.41) is 3.44. The summed E-state index contributed by atoms with van der Waals surface area (Å²) in [7, 11) is 6.28. The van der Waals surface area contributed by atoms with Crippen LogP contribution in [0.3, 0.4) is 0 Å². The second-order valence-corrected chi connectivity index (χ2v) is 5.42. The third kappa shape index (κ3) is 5.44. The van der Waals surface area contributed by atoms with Gasteiger partial charge in [0, 0.05) is 45.8 Å². The van der Waals surface area contributed by atoms with Gasteiger partial charge in [0.1, 0.15) is 5.78 Å². The van der Waals surface area contributed by atoms with E-state index in [1.807, 2.05) is 0 Å². The van der Waals surface area contributed by atoms with Crippen molar-refractivity contribution in [3.8, 4) is 0 Å². The number of likely N-dealkylation sites (N-methyl/N-ethyl adjacent to an activating group) is 3. The van der Waals surface area contributed by atoms with Crippen LogP contribution in [0, 0.1) is 0 Å². The molecule has 1 saturated heterocycles. The zero-order valence-corrected chi connectivity index (χ0v) is 12.3. The fourth-order valence-corrected chi connectivity index (χ4v) is 2.23. The third-order valence-corrected chi connectivity index (χ3v) is 3.66. The summed E-state index contributed by atoms with van der Waals surface area (Å²) in [4.78, 5) is 18.5. The Balaban J connectivity index is 2.61. The van der Waals surface area contributed by atoms with Crippen molar-refractivity contribution in [2.75, 3.05) is 67.0 Å². The molecule has 0 spiro atoms. The van der Waals surface area contributed by atoms with Crippen molar-refractivity contribution in [3.63, 3.8) is 0 Å². The molecule has 0 saturated carbocycles. The first-order valence-electron chi connectivity index (χ1n) is 6.79. The first-order chi connectivity index (χ1) is 8.50. The number of carbonyl (C=O) groups excluding carboxylic acids is 1. The van der Waals surface area contributed by atoms with Crippen LogP contribution in [0.1, 0.15) is 6.92 Å². The molecule has 0 bridgehead atoms. The molecular weight excluding hydrogens is 228 g/mol. The molecule has 0 radical (unpaired) electrons. The lowest BCUT2D eigenvalue weighted by atomic mass is 10.1. The Bertz CT molecular complexity index is 259. The average Bonchev–Trinajstić information content (AvgIpc) is 2.30. The molecule has 0 aromatic heterocycles. The van der Waals surface area contributed by atoms with Gasteiger partial charge >= 0.3 is 0 Å². The zero-order chi connectivity index (χ0) is 13.5. The minimum Gasteiger partial charge on any atom is -0.314 e. The van der Waals surface area contributed by atoms with E-state index in [2.05, 4.69) is 41.2 Å². The van der Waals surface area contributed by atoms with Crippen LogP contribution < -0.4 is 5.32 Å². The number of Topliss-reactive ketones (excluding diaryl/α,β-unsaturated/α-hetero) is 1. The number of rotatable bonds is 1. The van der Waals surface area contributed by atoms with Crippen LogP contribution >= 0.6 is 0 Å². The number of nitrogens with zero attached hydrogens (tertiary/aromatic N) is 3. The Labute approximate surface area is 111 Å². The van der Waals surface area contributed by atoms with Gasteiger partial charge in [-0.15, -0.1) is 0 Å². The van der Waals surface area contributed by atoms with Crippen molar-refractivity contribution in [3.05, 3.63) is 0 Å². The second-order valence-electron chi connectivity index (χ2n) is 5.42. The minimum absolute atomic E-state index is 0.0165. The van der Waals surface area contributed by atoms with E-state index in [1.54, 1.807) is 6.92 Å². The maximum absolute atomic E-state index is 11.8. The van der Waals surface area contributed by atoms with Crippen LogP contribution in [0.5, 0.6) is 0 Å². The smallest absolute Gasteiger partial charge is 0.148 e. The predicted octanol–water partition coefficient (Wildman–Crippen LogP) is -0.657. The Morgan fingerprint density at radius 3 is 2.22 bits per heavy atom. The van der Waals surface area contributed by atoms with Crippen LogP contribution in [0.25, 0.3) is 0 Å². The summed E-state index contributed by atoms with van der Waals surface area (Å²) in [5.74, 6) is 0.261. The average molecular weight is 256 g/mol. The molecule has 0 aliphatic carbocycles. The molecule has 1 fully saturated rings. The van der Waals surface area contributed by atoms with Crippen LogP contribution in [-0.2, 0) is 4.79 Å². The summed E-state index contributed by atoms with van der Waals surface area (Å²) >= 11 is 0. The van der Waals surface area contributed by atoms with Gasteiger partial charge in [-0.3, -0.25) is 9.69 Å². The van der Waals surface area contributed by atoms with Crippen LogP contribution in [0.4, 0.5) is 0 Å². The molecule has 5 nitrogen and oxygen atoms in total. The SMILES string of the molecule is CC(=O)C1CN(C)CCNCCN(C)CCN1C.